The topological polar surface area (TPSA) is 76.7 Å². The summed E-state index contributed by atoms with van der Waals surface area (Å²) in [5, 5.41) is 10.2. The lowest BCUT2D eigenvalue weighted by Crippen LogP contribution is -2.28. The maximum Gasteiger partial charge on any atom is 0.269 e. The van der Waals surface area contributed by atoms with Gasteiger partial charge in [-0.3, -0.25) is 4.79 Å². The van der Waals surface area contributed by atoms with Crippen molar-refractivity contribution in [2.45, 2.75) is 26.4 Å². The van der Waals surface area contributed by atoms with Gasteiger partial charge in [-0.2, -0.15) is 0 Å². The summed E-state index contributed by atoms with van der Waals surface area (Å²) < 4.78 is 4.88. The third-order valence-corrected chi connectivity index (χ3v) is 2.73. The number of aromatic nitrogens is 1. The first-order chi connectivity index (χ1) is 10.2. The smallest absolute Gasteiger partial charge is 0.269 e. The summed E-state index contributed by atoms with van der Waals surface area (Å²) in [6.45, 7) is 3.59. The molecule has 1 amide bonds. The van der Waals surface area contributed by atoms with Crippen LogP contribution in [0.3, 0.4) is 0 Å². The predicted octanol–water partition coefficient (Wildman–Crippen LogP) is 2.75. The molecule has 6 heteroatoms. The standard InChI is InChI=1S/C15H17N3O3/c1-3-13(15(19)17-14-9-11(2)20-18-14)21-16-10-12-7-5-4-6-8-12/h4-10,13H,3H2,1-2H3,(H,17,18,19). The van der Waals surface area contributed by atoms with Crippen LogP contribution in [0.4, 0.5) is 5.82 Å². The number of nitrogens with one attached hydrogen (secondary N) is 1. The van der Waals surface area contributed by atoms with Crippen LogP contribution in [0, 0.1) is 6.92 Å². The molecule has 1 N–H and O–H groups in total. The molecule has 2 rings (SSSR count). The summed E-state index contributed by atoms with van der Waals surface area (Å²) in [4.78, 5) is 17.2. The van der Waals surface area contributed by atoms with Crippen LogP contribution in [0.25, 0.3) is 0 Å². The van der Waals surface area contributed by atoms with Gasteiger partial charge in [0.05, 0.1) is 6.21 Å². The lowest BCUT2D eigenvalue weighted by atomic mass is 10.2. The average molecular weight is 287 g/mol. The van der Waals surface area contributed by atoms with Gasteiger partial charge in [-0.05, 0) is 18.9 Å². The highest BCUT2D eigenvalue weighted by Crippen LogP contribution is 2.09. The third-order valence-electron chi connectivity index (χ3n) is 2.73. The maximum atomic E-state index is 12.0. The van der Waals surface area contributed by atoms with Gasteiger partial charge in [0.15, 0.2) is 5.82 Å². The number of benzene rings is 1. The van der Waals surface area contributed by atoms with Crippen molar-refractivity contribution in [3.63, 3.8) is 0 Å². The van der Waals surface area contributed by atoms with E-state index in [1.165, 1.54) is 0 Å². The van der Waals surface area contributed by atoms with Crippen LogP contribution < -0.4 is 5.32 Å². The fraction of sp³-hybridized carbons (Fsp3) is 0.267. The summed E-state index contributed by atoms with van der Waals surface area (Å²) in [5.41, 5.74) is 0.903. The summed E-state index contributed by atoms with van der Waals surface area (Å²) in [6, 6.07) is 11.1. The lowest BCUT2D eigenvalue weighted by molar-refractivity contribution is -0.127. The molecular formula is C15H17N3O3. The highest BCUT2D eigenvalue weighted by atomic mass is 16.6. The van der Waals surface area contributed by atoms with Crippen LogP contribution in [0.15, 0.2) is 46.1 Å². The number of anilines is 1. The van der Waals surface area contributed by atoms with Crippen LogP contribution >= 0.6 is 0 Å². The first-order valence-corrected chi connectivity index (χ1v) is 6.67. The second-order valence-electron chi connectivity index (χ2n) is 4.46. The lowest BCUT2D eigenvalue weighted by Gasteiger charge is -2.11. The fourth-order valence-electron chi connectivity index (χ4n) is 1.64. The summed E-state index contributed by atoms with van der Waals surface area (Å²) in [5.74, 6) is 0.684. The average Bonchev–Trinajstić information content (AvgIpc) is 2.89. The molecule has 2 aromatic rings. The number of carbonyl (C=O) groups excluding carboxylic acids is 1. The minimum absolute atomic E-state index is 0.309. The highest BCUT2D eigenvalue weighted by molar-refractivity contribution is 5.93. The van der Waals surface area contributed by atoms with Crippen molar-refractivity contribution < 1.29 is 14.2 Å². The normalized spacial score (nSPS) is 12.3. The molecule has 0 saturated carbocycles. The Bertz CT molecular complexity index is 608. The Balaban J connectivity index is 1.90. The molecule has 0 aliphatic rings. The number of amides is 1. The molecule has 1 atom stereocenters. The monoisotopic (exact) mass is 287 g/mol. The van der Waals surface area contributed by atoms with Crippen molar-refractivity contribution in [1.29, 1.82) is 0 Å². The largest absolute Gasteiger partial charge is 0.382 e. The quantitative estimate of drug-likeness (QED) is 0.654. The predicted molar refractivity (Wildman–Crippen MR) is 79.1 cm³/mol. The number of rotatable bonds is 6. The molecule has 0 spiro atoms. The van der Waals surface area contributed by atoms with Crippen LogP contribution in [-0.4, -0.2) is 23.4 Å². The number of hydrogen-bond acceptors (Lipinski definition) is 5. The Hall–Kier alpha value is -2.63. The van der Waals surface area contributed by atoms with E-state index in [1.807, 2.05) is 37.3 Å². The highest BCUT2D eigenvalue weighted by Gasteiger charge is 2.19. The van der Waals surface area contributed by atoms with E-state index in [9.17, 15) is 4.79 Å². The molecule has 1 heterocycles. The molecule has 0 saturated heterocycles. The van der Waals surface area contributed by atoms with Gasteiger partial charge in [-0.15, -0.1) is 0 Å². The van der Waals surface area contributed by atoms with Crippen molar-refractivity contribution in [2.75, 3.05) is 5.32 Å². The summed E-state index contributed by atoms with van der Waals surface area (Å²) in [6.07, 6.45) is 1.38. The molecule has 0 aliphatic heterocycles. The van der Waals surface area contributed by atoms with Gasteiger partial charge in [0.2, 0.25) is 6.10 Å². The SMILES string of the molecule is CCC(ON=Cc1ccccc1)C(=O)Nc1cc(C)on1. The third kappa shape index (κ3) is 4.45. The van der Waals surface area contributed by atoms with E-state index in [-0.39, 0.29) is 5.91 Å². The van der Waals surface area contributed by atoms with Gasteiger partial charge in [0.1, 0.15) is 5.76 Å². The Kier molecular flexibility index (Phi) is 5.09. The van der Waals surface area contributed by atoms with Crippen molar-refractivity contribution in [1.82, 2.24) is 5.16 Å². The van der Waals surface area contributed by atoms with Crippen LogP contribution in [0.1, 0.15) is 24.7 Å². The molecule has 21 heavy (non-hydrogen) atoms. The molecule has 1 aromatic carbocycles. The van der Waals surface area contributed by atoms with Gasteiger partial charge in [0.25, 0.3) is 5.91 Å². The molecule has 0 aliphatic carbocycles. The number of aryl methyl sites for hydroxylation is 1. The van der Waals surface area contributed by atoms with Gasteiger partial charge in [-0.25, -0.2) is 0 Å². The molecule has 110 valence electrons. The molecule has 0 bridgehead atoms. The van der Waals surface area contributed by atoms with Crippen molar-refractivity contribution in [3.05, 3.63) is 47.7 Å². The number of nitrogens with zero attached hydrogens (tertiary/aromatic N) is 2. The first kappa shape index (κ1) is 14.8. The van der Waals surface area contributed by atoms with E-state index in [4.69, 9.17) is 9.36 Å². The minimum Gasteiger partial charge on any atom is -0.382 e. The van der Waals surface area contributed by atoms with E-state index < -0.39 is 6.10 Å². The van der Waals surface area contributed by atoms with Crippen LogP contribution in [0.5, 0.6) is 0 Å². The van der Waals surface area contributed by atoms with Crippen molar-refractivity contribution in [2.24, 2.45) is 5.16 Å². The van der Waals surface area contributed by atoms with Crippen LogP contribution in [-0.2, 0) is 9.63 Å². The summed E-state index contributed by atoms with van der Waals surface area (Å²) >= 11 is 0. The zero-order valence-electron chi connectivity index (χ0n) is 11.9. The summed E-state index contributed by atoms with van der Waals surface area (Å²) in [7, 11) is 0. The van der Waals surface area contributed by atoms with Crippen LogP contribution in [0.2, 0.25) is 0 Å². The fourth-order valence-corrected chi connectivity index (χ4v) is 1.64. The van der Waals surface area contributed by atoms with Gasteiger partial charge in [0, 0.05) is 6.07 Å². The Morgan fingerprint density at radius 1 is 1.48 bits per heavy atom. The number of hydrogen-bond donors (Lipinski definition) is 1. The second-order valence-corrected chi connectivity index (χ2v) is 4.46. The van der Waals surface area contributed by atoms with E-state index in [2.05, 4.69) is 15.6 Å². The van der Waals surface area contributed by atoms with Gasteiger partial charge in [-0.1, -0.05) is 47.6 Å². The number of carbonyl (C=O) groups is 1. The van der Waals surface area contributed by atoms with Gasteiger partial charge < -0.3 is 14.7 Å². The molecule has 0 radical (unpaired) electrons. The van der Waals surface area contributed by atoms with E-state index >= 15 is 0 Å². The van der Waals surface area contributed by atoms with E-state index in [0.717, 1.165) is 5.56 Å². The molecule has 1 unspecified atom stereocenters. The number of oxime groups is 1. The zero-order valence-corrected chi connectivity index (χ0v) is 11.9. The Labute approximate surface area is 122 Å². The minimum atomic E-state index is -0.679. The molecule has 1 aromatic heterocycles. The van der Waals surface area contributed by atoms with Gasteiger partial charge >= 0.3 is 0 Å². The first-order valence-electron chi connectivity index (χ1n) is 6.67. The maximum absolute atomic E-state index is 12.0. The molecule has 0 fully saturated rings. The van der Waals surface area contributed by atoms with E-state index in [0.29, 0.717) is 18.0 Å². The second kappa shape index (κ2) is 7.23. The zero-order chi connectivity index (χ0) is 15.1. The Morgan fingerprint density at radius 3 is 2.86 bits per heavy atom. The van der Waals surface area contributed by atoms with Crippen molar-refractivity contribution in [3.8, 4) is 0 Å². The van der Waals surface area contributed by atoms with E-state index in [1.54, 1.807) is 19.2 Å². The molecular weight excluding hydrogens is 270 g/mol. The molecule has 6 nitrogen and oxygen atoms in total. The van der Waals surface area contributed by atoms with Crippen molar-refractivity contribution >= 4 is 17.9 Å². The Morgan fingerprint density at radius 2 is 2.24 bits per heavy atom.